The van der Waals surface area contributed by atoms with E-state index in [-0.39, 0.29) is 18.2 Å². The van der Waals surface area contributed by atoms with Crippen LogP contribution in [-0.4, -0.2) is 56.3 Å². The lowest BCUT2D eigenvalue weighted by molar-refractivity contribution is -0.137. The van der Waals surface area contributed by atoms with E-state index in [2.05, 4.69) is 9.80 Å². The molecule has 1 N–H and O–H groups in total. The summed E-state index contributed by atoms with van der Waals surface area (Å²) >= 11 is 0. The predicted octanol–water partition coefficient (Wildman–Crippen LogP) is 5.65. The van der Waals surface area contributed by atoms with Gasteiger partial charge in [-0.05, 0) is 49.7 Å². The molecule has 32 heavy (non-hydrogen) atoms. The van der Waals surface area contributed by atoms with Crippen LogP contribution in [0.5, 0.6) is 5.75 Å². The predicted molar refractivity (Wildman–Crippen MR) is 127 cm³/mol. The molecule has 2 aromatic rings. The van der Waals surface area contributed by atoms with Gasteiger partial charge >= 0.3 is 6.18 Å². The fourth-order valence-corrected chi connectivity index (χ4v) is 4.01. The molecule has 0 amide bonds. The van der Waals surface area contributed by atoms with E-state index in [0.29, 0.717) is 5.69 Å². The Kier molecular flexibility index (Phi) is 9.97. The molecular weight excluding hydrogens is 439 g/mol. The molecule has 0 saturated carbocycles. The molecule has 8 heteroatoms. The number of unbranched alkanes of at least 4 members (excludes halogenated alkanes) is 3. The summed E-state index contributed by atoms with van der Waals surface area (Å²) in [4.78, 5) is 6.61. The number of rotatable bonds is 9. The Balaban J connectivity index is 0.00000363. The van der Waals surface area contributed by atoms with E-state index in [1.54, 1.807) is 18.2 Å². The van der Waals surface area contributed by atoms with Crippen molar-refractivity contribution in [2.24, 2.45) is 0 Å². The van der Waals surface area contributed by atoms with Gasteiger partial charge in [0.1, 0.15) is 5.75 Å². The highest BCUT2D eigenvalue weighted by Crippen LogP contribution is 2.31. The smallest absolute Gasteiger partial charge is 0.416 e. The molecule has 1 saturated heterocycles. The maximum absolute atomic E-state index is 12.9. The van der Waals surface area contributed by atoms with Crippen molar-refractivity contribution in [3.63, 3.8) is 0 Å². The molecule has 3 rings (SSSR count). The van der Waals surface area contributed by atoms with Crippen molar-refractivity contribution in [2.45, 2.75) is 31.9 Å². The molecule has 1 aliphatic rings. The third-order valence-corrected chi connectivity index (χ3v) is 5.90. The van der Waals surface area contributed by atoms with E-state index in [9.17, 15) is 18.3 Å². The molecule has 0 bridgehead atoms. The number of alkyl halides is 3. The zero-order valence-electron chi connectivity index (χ0n) is 18.5. The monoisotopic (exact) mass is 471 g/mol. The first-order valence-corrected chi connectivity index (χ1v) is 11.0. The summed E-state index contributed by atoms with van der Waals surface area (Å²) in [6, 6.07) is 12.9. The first-order valence-electron chi connectivity index (χ1n) is 11.0. The Morgan fingerprint density at radius 3 is 2.28 bits per heavy atom. The van der Waals surface area contributed by atoms with Gasteiger partial charge in [-0.3, -0.25) is 4.90 Å². The zero-order chi connectivity index (χ0) is 22.3. The van der Waals surface area contributed by atoms with Crippen LogP contribution in [0, 0.1) is 0 Å². The highest BCUT2D eigenvalue weighted by Gasteiger charge is 2.31. The number of hydrogen-bond donors (Lipinski definition) is 1. The van der Waals surface area contributed by atoms with Crippen LogP contribution >= 0.6 is 12.4 Å². The molecule has 0 unspecified atom stereocenters. The number of aromatic hydroxyl groups is 1. The fourth-order valence-electron chi connectivity index (χ4n) is 4.01. The lowest BCUT2D eigenvalue weighted by atomic mass is 10.1. The summed E-state index contributed by atoms with van der Waals surface area (Å²) in [5, 5.41) is 9.57. The highest BCUT2D eigenvalue weighted by atomic mass is 35.5. The first-order chi connectivity index (χ1) is 14.8. The van der Waals surface area contributed by atoms with Gasteiger partial charge in [0.25, 0.3) is 0 Å². The summed E-state index contributed by atoms with van der Waals surface area (Å²) in [6.07, 6.45) is 0.277. The van der Waals surface area contributed by atoms with Crippen LogP contribution < -0.4 is 9.80 Å². The number of halogens is 4. The number of piperazine rings is 1. The molecule has 1 heterocycles. The van der Waals surface area contributed by atoms with E-state index in [4.69, 9.17) is 0 Å². The topological polar surface area (TPSA) is 30.0 Å². The summed E-state index contributed by atoms with van der Waals surface area (Å²) in [6.45, 7) is 5.29. The van der Waals surface area contributed by atoms with Crippen molar-refractivity contribution >= 4 is 23.8 Å². The van der Waals surface area contributed by atoms with Crippen LogP contribution in [0.2, 0.25) is 0 Å². The van der Waals surface area contributed by atoms with Crippen LogP contribution in [0.1, 0.15) is 31.2 Å². The summed E-state index contributed by atoms with van der Waals surface area (Å²) in [7, 11) is 2.04. The molecule has 2 aromatic carbocycles. The Hall–Kier alpha value is -2.12. The molecular formula is C24H33ClF3N3O. The third-order valence-electron chi connectivity index (χ3n) is 5.90. The standard InChI is InChI=1S/C24H32F3N3O.ClH/c1-28(21-9-7-11-23(31)19-21)12-4-2-3-5-13-29-14-16-30(17-15-29)22-10-6-8-20(18-22)24(25,26)27;/h6-11,18-19,31H,2-5,12-17H2,1H3;1H. The number of benzene rings is 2. The Morgan fingerprint density at radius 1 is 0.906 bits per heavy atom. The highest BCUT2D eigenvalue weighted by molar-refractivity contribution is 5.85. The molecule has 0 radical (unpaired) electrons. The van der Waals surface area contributed by atoms with Crippen LogP contribution in [0.4, 0.5) is 24.5 Å². The minimum absolute atomic E-state index is 0. The average molecular weight is 472 g/mol. The van der Waals surface area contributed by atoms with Crippen molar-refractivity contribution in [1.29, 1.82) is 0 Å². The number of phenols is 1. The normalized spacial score (nSPS) is 14.8. The van der Waals surface area contributed by atoms with Crippen molar-refractivity contribution in [3.8, 4) is 5.75 Å². The Bertz CT molecular complexity index is 826. The van der Waals surface area contributed by atoms with Crippen LogP contribution in [0.25, 0.3) is 0 Å². The Morgan fingerprint density at radius 2 is 1.59 bits per heavy atom. The number of phenolic OH excluding ortho intramolecular Hbond substituents is 1. The van der Waals surface area contributed by atoms with Crippen molar-refractivity contribution in [1.82, 2.24) is 4.90 Å². The minimum Gasteiger partial charge on any atom is -0.508 e. The summed E-state index contributed by atoms with van der Waals surface area (Å²) in [5.41, 5.74) is 1.10. The van der Waals surface area contributed by atoms with E-state index in [1.807, 2.05) is 24.1 Å². The van der Waals surface area contributed by atoms with Crippen LogP contribution in [-0.2, 0) is 6.18 Å². The van der Waals surface area contributed by atoms with Gasteiger partial charge in [0.05, 0.1) is 5.56 Å². The minimum atomic E-state index is -4.30. The second kappa shape index (κ2) is 12.2. The van der Waals surface area contributed by atoms with Gasteiger partial charge < -0.3 is 14.9 Å². The van der Waals surface area contributed by atoms with Gasteiger partial charge in [0, 0.05) is 57.2 Å². The van der Waals surface area contributed by atoms with E-state index in [1.165, 1.54) is 18.6 Å². The van der Waals surface area contributed by atoms with Gasteiger partial charge in [-0.15, -0.1) is 12.4 Å². The SMILES string of the molecule is CN(CCCCCCN1CCN(c2cccc(C(F)(F)F)c2)CC1)c1cccc(O)c1.Cl. The molecule has 178 valence electrons. The molecule has 0 spiro atoms. The first kappa shape index (κ1) is 26.1. The van der Waals surface area contributed by atoms with E-state index >= 15 is 0 Å². The molecule has 0 aromatic heterocycles. The second-order valence-electron chi connectivity index (χ2n) is 8.23. The van der Waals surface area contributed by atoms with Crippen molar-refractivity contribution < 1.29 is 18.3 Å². The maximum atomic E-state index is 12.9. The third kappa shape index (κ3) is 7.78. The molecule has 1 fully saturated rings. The zero-order valence-corrected chi connectivity index (χ0v) is 19.3. The van der Waals surface area contributed by atoms with E-state index in [0.717, 1.165) is 70.3 Å². The summed E-state index contributed by atoms with van der Waals surface area (Å²) < 4.78 is 38.8. The lowest BCUT2D eigenvalue weighted by Crippen LogP contribution is -2.46. The number of anilines is 2. The maximum Gasteiger partial charge on any atom is 0.416 e. The van der Waals surface area contributed by atoms with Crippen LogP contribution in [0.3, 0.4) is 0 Å². The van der Waals surface area contributed by atoms with Gasteiger partial charge in [-0.1, -0.05) is 25.0 Å². The Labute approximate surface area is 195 Å². The lowest BCUT2D eigenvalue weighted by Gasteiger charge is -2.36. The van der Waals surface area contributed by atoms with Gasteiger partial charge in [-0.2, -0.15) is 13.2 Å². The van der Waals surface area contributed by atoms with Gasteiger partial charge in [0.2, 0.25) is 0 Å². The van der Waals surface area contributed by atoms with Crippen molar-refractivity contribution in [2.75, 3.05) is 56.1 Å². The summed E-state index contributed by atoms with van der Waals surface area (Å²) in [5.74, 6) is 0.289. The quantitative estimate of drug-likeness (QED) is 0.478. The molecule has 0 atom stereocenters. The van der Waals surface area contributed by atoms with Crippen molar-refractivity contribution in [3.05, 3.63) is 54.1 Å². The van der Waals surface area contributed by atoms with E-state index < -0.39 is 11.7 Å². The second-order valence-corrected chi connectivity index (χ2v) is 8.23. The van der Waals surface area contributed by atoms with Crippen LogP contribution in [0.15, 0.2) is 48.5 Å². The molecule has 1 aliphatic heterocycles. The average Bonchev–Trinajstić information content (AvgIpc) is 2.76. The van der Waals surface area contributed by atoms with Gasteiger partial charge in [0.15, 0.2) is 0 Å². The fraction of sp³-hybridized carbons (Fsp3) is 0.500. The number of nitrogens with zero attached hydrogens (tertiary/aromatic N) is 3. The van der Waals surface area contributed by atoms with Gasteiger partial charge in [-0.25, -0.2) is 0 Å². The number of hydrogen-bond acceptors (Lipinski definition) is 4. The molecule has 0 aliphatic carbocycles. The molecule has 4 nitrogen and oxygen atoms in total. The largest absolute Gasteiger partial charge is 0.508 e.